The molecule has 4 rings (SSSR count). The van der Waals surface area contributed by atoms with E-state index in [2.05, 4.69) is 10.6 Å². The molecule has 0 radical (unpaired) electrons. The molecule has 1 amide bonds. The molecule has 2 heterocycles. The molecule has 0 bridgehead atoms. The van der Waals surface area contributed by atoms with Crippen molar-refractivity contribution in [2.75, 3.05) is 13.1 Å². The van der Waals surface area contributed by atoms with E-state index in [1.165, 1.54) is 0 Å². The largest absolute Gasteiger partial charge is 0.464 e. The summed E-state index contributed by atoms with van der Waals surface area (Å²) in [4.78, 5) is 13.0. The van der Waals surface area contributed by atoms with Crippen LogP contribution >= 0.6 is 0 Å². The van der Waals surface area contributed by atoms with Crippen molar-refractivity contribution < 1.29 is 14.6 Å². The topological polar surface area (TPSA) is 70.6 Å². The van der Waals surface area contributed by atoms with Gasteiger partial charge >= 0.3 is 0 Å². The molecule has 1 saturated carbocycles. The summed E-state index contributed by atoms with van der Waals surface area (Å²) < 4.78 is 5.59. The van der Waals surface area contributed by atoms with Gasteiger partial charge in [0.1, 0.15) is 5.75 Å². The standard InChI is InChI=1S/C21H26N2O3/c24-18-12-17(13-18)20(14-5-8-22-9-6-14)23-21(25)16-7-10-26-19-4-2-1-3-15(19)11-16/h1-4,7,10-11,14,17-18,20,22,24H,5-6,8-9,12-13H2,(H,23,25)/t17?,18?,20-/m0/s1. The second-order valence-electron chi connectivity index (χ2n) is 7.53. The molecule has 5 heteroatoms. The van der Waals surface area contributed by atoms with Gasteiger partial charge in [-0.25, -0.2) is 0 Å². The Hall–Kier alpha value is -2.11. The first-order chi connectivity index (χ1) is 12.7. The third-order valence-corrected chi connectivity index (χ3v) is 5.78. The molecule has 138 valence electrons. The van der Waals surface area contributed by atoms with Crippen LogP contribution in [-0.2, 0) is 4.79 Å². The van der Waals surface area contributed by atoms with Crippen LogP contribution in [0.2, 0.25) is 0 Å². The van der Waals surface area contributed by atoms with Crippen molar-refractivity contribution in [3.05, 3.63) is 47.7 Å². The number of hydrogen-bond donors (Lipinski definition) is 3. The van der Waals surface area contributed by atoms with E-state index in [0.717, 1.165) is 50.1 Å². The first-order valence-corrected chi connectivity index (χ1v) is 9.54. The lowest BCUT2D eigenvalue weighted by atomic mass is 9.71. The van der Waals surface area contributed by atoms with Crippen LogP contribution in [0.5, 0.6) is 5.75 Å². The van der Waals surface area contributed by atoms with E-state index < -0.39 is 0 Å². The average molecular weight is 354 g/mol. The first-order valence-electron chi connectivity index (χ1n) is 9.54. The second-order valence-corrected chi connectivity index (χ2v) is 7.53. The molecule has 1 aromatic rings. The molecule has 5 nitrogen and oxygen atoms in total. The summed E-state index contributed by atoms with van der Waals surface area (Å²) in [6, 6.07) is 7.82. The number of piperidine rings is 1. The fraction of sp³-hybridized carbons (Fsp3) is 0.476. The molecular formula is C21H26N2O3. The van der Waals surface area contributed by atoms with E-state index in [1.807, 2.05) is 30.3 Å². The highest BCUT2D eigenvalue weighted by Gasteiger charge is 2.39. The van der Waals surface area contributed by atoms with Gasteiger partial charge in [0.15, 0.2) is 0 Å². The van der Waals surface area contributed by atoms with E-state index >= 15 is 0 Å². The summed E-state index contributed by atoms with van der Waals surface area (Å²) in [7, 11) is 0. The smallest absolute Gasteiger partial charge is 0.251 e. The minimum Gasteiger partial charge on any atom is -0.464 e. The molecule has 1 aromatic carbocycles. The Bertz CT molecular complexity index is 716. The highest BCUT2D eigenvalue weighted by Crippen LogP contribution is 2.36. The number of hydrogen-bond acceptors (Lipinski definition) is 4. The Morgan fingerprint density at radius 1 is 1.19 bits per heavy atom. The molecule has 0 unspecified atom stereocenters. The SMILES string of the molecule is O=C(N[C@@H](C1CCNCC1)C1CC(O)C1)C1=Cc2ccccc2OC=C1. The maximum absolute atomic E-state index is 13.0. The number of aliphatic hydroxyl groups is 1. The molecule has 2 fully saturated rings. The maximum Gasteiger partial charge on any atom is 0.251 e. The van der Waals surface area contributed by atoms with Crippen LogP contribution in [0, 0.1) is 11.8 Å². The molecule has 1 saturated heterocycles. The molecule has 1 aliphatic carbocycles. The highest BCUT2D eigenvalue weighted by atomic mass is 16.5. The summed E-state index contributed by atoms with van der Waals surface area (Å²) in [5.41, 5.74) is 1.51. The van der Waals surface area contributed by atoms with E-state index in [-0.39, 0.29) is 18.1 Å². The number of rotatable bonds is 4. The molecule has 2 aliphatic heterocycles. The zero-order valence-corrected chi connectivity index (χ0v) is 14.9. The van der Waals surface area contributed by atoms with Gasteiger partial charge in [-0.3, -0.25) is 4.79 Å². The van der Waals surface area contributed by atoms with E-state index in [0.29, 0.717) is 17.4 Å². The third kappa shape index (κ3) is 3.69. The Kier molecular flexibility index (Phi) is 5.09. The third-order valence-electron chi connectivity index (χ3n) is 5.78. The number of ether oxygens (including phenoxy) is 1. The quantitative estimate of drug-likeness (QED) is 0.775. The highest BCUT2D eigenvalue weighted by molar-refractivity contribution is 6.01. The Labute approximate surface area is 154 Å². The Balaban J connectivity index is 1.51. The van der Waals surface area contributed by atoms with Gasteiger partial charge in [0.25, 0.3) is 5.91 Å². The lowest BCUT2D eigenvalue weighted by Gasteiger charge is -2.43. The van der Waals surface area contributed by atoms with Gasteiger partial charge in [-0.1, -0.05) is 18.2 Å². The van der Waals surface area contributed by atoms with Gasteiger partial charge in [-0.2, -0.15) is 0 Å². The van der Waals surface area contributed by atoms with Gasteiger partial charge < -0.3 is 20.5 Å². The number of nitrogens with one attached hydrogen (secondary N) is 2. The summed E-state index contributed by atoms with van der Waals surface area (Å²) in [6.07, 6.45) is 8.68. The van der Waals surface area contributed by atoms with E-state index in [1.54, 1.807) is 12.3 Å². The summed E-state index contributed by atoms with van der Waals surface area (Å²) in [5.74, 6) is 1.53. The van der Waals surface area contributed by atoms with Crippen molar-refractivity contribution in [1.29, 1.82) is 0 Å². The van der Waals surface area contributed by atoms with Crippen molar-refractivity contribution in [3.63, 3.8) is 0 Å². The average Bonchev–Trinajstić information content (AvgIpc) is 2.87. The van der Waals surface area contributed by atoms with Crippen LogP contribution < -0.4 is 15.4 Å². The van der Waals surface area contributed by atoms with Crippen LogP contribution in [0.25, 0.3) is 6.08 Å². The number of fused-ring (bicyclic) bond motifs is 1. The number of benzene rings is 1. The predicted molar refractivity (Wildman–Crippen MR) is 100 cm³/mol. The first kappa shape index (κ1) is 17.3. The summed E-state index contributed by atoms with van der Waals surface area (Å²) >= 11 is 0. The minimum absolute atomic E-state index is 0.0634. The fourth-order valence-electron chi connectivity index (χ4n) is 4.23. The number of carbonyl (C=O) groups is 1. The van der Waals surface area contributed by atoms with Gasteiger partial charge in [-0.05, 0) is 68.8 Å². The van der Waals surface area contributed by atoms with Crippen LogP contribution in [0.3, 0.4) is 0 Å². The lowest BCUT2D eigenvalue weighted by molar-refractivity contribution is -0.119. The minimum atomic E-state index is -0.210. The maximum atomic E-state index is 13.0. The van der Waals surface area contributed by atoms with Crippen molar-refractivity contribution >= 4 is 12.0 Å². The van der Waals surface area contributed by atoms with Crippen LogP contribution in [0.15, 0.2) is 42.2 Å². The van der Waals surface area contributed by atoms with E-state index in [9.17, 15) is 9.90 Å². The van der Waals surface area contributed by atoms with Crippen molar-refractivity contribution in [2.45, 2.75) is 37.8 Å². The summed E-state index contributed by atoms with van der Waals surface area (Å²) in [5, 5.41) is 16.4. The molecule has 26 heavy (non-hydrogen) atoms. The number of carbonyl (C=O) groups excluding carboxylic acids is 1. The zero-order valence-electron chi connectivity index (χ0n) is 14.9. The van der Waals surface area contributed by atoms with Gasteiger partial charge in [0.05, 0.1) is 12.4 Å². The van der Waals surface area contributed by atoms with Crippen LogP contribution in [0.1, 0.15) is 31.2 Å². The lowest BCUT2D eigenvalue weighted by Crippen LogP contribution is -2.53. The zero-order chi connectivity index (χ0) is 17.9. The molecule has 3 N–H and O–H groups in total. The van der Waals surface area contributed by atoms with Crippen molar-refractivity contribution in [1.82, 2.24) is 10.6 Å². The molecule has 0 spiro atoms. The Morgan fingerprint density at radius 3 is 2.73 bits per heavy atom. The molecule has 1 atom stereocenters. The normalized spacial score (nSPS) is 26.6. The second kappa shape index (κ2) is 7.64. The molecule has 3 aliphatic rings. The fourth-order valence-corrected chi connectivity index (χ4v) is 4.23. The van der Waals surface area contributed by atoms with Crippen molar-refractivity contribution in [3.8, 4) is 5.75 Å². The van der Waals surface area contributed by atoms with Gasteiger partial charge in [0.2, 0.25) is 0 Å². The van der Waals surface area contributed by atoms with Gasteiger partial charge in [0, 0.05) is 17.2 Å². The monoisotopic (exact) mass is 354 g/mol. The molecular weight excluding hydrogens is 328 g/mol. The summed E-state index contributed by atoms with van der Waals surface area (Å²) in [6.45, 7) is 1.99. The van der Waals surface area contributed by atoms with Crippen molar-refractivity contribution in [2.24, 2.45) is 11.8 Å². The van der Waals surface area contributed by atoms with Crippen LogP contribution in [-0.4, -0.2) is 36.2 Å². The number of amides is 1. The predicted octanol–water partition coefficient (Wildman–Crippen LogP) is 2.23. The molecule has 0 aromatic heterocycles. The number of aliphatic hydroxyl groups excluding tert-OH is 1. The van der Waals surface area contributed by atoms with Crippen LogP contribution in [0.4, 0.5) is 0 Å². The van der Waals surface area contributed by atoms with Gasteiger partial charge in [-0.15, -0.1) is 0 Å². The van der Waals surface area contributed by atoms with E-state index in [4.69, 9.17) is 4.74 Å². The number of para-hydroxylation sites is 1. The Morgan fingerprint density at radius 2 is 1.96 bits per heavy atom.